The van der Waals surface area contributed by atoms with Gasteiger partial charge in [-0.3, -0.25) is 0 Å². The predicted octanol–water partition coefficient (Wildman–Crippen LogP) is 5.26. The highest BCUT2D eigenvalue weighted by Crippen LogP contribution is 2.55. The highest BCUT2D eigenvalue weighted by Gasteiger charge is 2.49. The van der Waals surface area contributed by atoms with Crippen molar-refractivity contribution in [3.63, 3.8) is 0 Å². The Hall–Kier alpha value is -1.56. The molecule has 20 heavy (non-hydrogen) atoms. The van der Waals surface area contributed by atoms with Gasteiger partial charge in [-0.05, 0) is 35.8 Å². The molecule has 2 aromatic rings. The van der Waals surface area contributed by atoms with Crippen LogP contribution in [-0.4, -0.2) is 0 Å². The molecule has 0 bridgehead atoms. The highest BCUT2D eigenvalue weighted by molar-refractivity contribution is 5.46. The van der Waals surface area contributed by atoms with Crippen LogP contribution >= 0.6 is 0 Å². The largest absolute Gasteiger partial charge is 0.0622 e. The molecule has 2 radical (unpaired) electrons. The summed E-state index contributed by atoms with van der Waals surface area (Å²) in [6.45, 7) is 4.78. The third-order valence-corrected chi connectivity index (χ3v) is 4.80. The first-order valence-corrected chi connectivity index (χ1v) is 7.53. The lowest BCUT2D eigenvalue weighted by Crippen LogP contribution is -2.46. The van der Waals surface area contributed by atoms with Crippen molar-refractivity contribution in [2.75, 3.05) is 0 Å². The molecule has 0 heteroatoms. The summed E-state index contributed by atoms with van der Waals surface area (Å²) in [5.41, 5.74) is 2.84. The maximum atomic E-state index is 3.86. The van der Waals surface area contributed by atoms with Gasteiger partial charge in [0.25, 0.3) is 0 Å². The van der Waals surface area contributed by atoms with E-state index in [4.69, 9.17) is 0 Å². The van der Waals surface area contributed by atoms with E-state index in [1.54, 1.807) is 0 Å². The Morgan fingerprint density at radius 3 is 1.75 bits per heavy atom. The van der Waals surface area contributed by atoms with Crippen molar-refractivity contribution in [1.82, 2.24) is 0 Å². The summed E-state index contributed by atoms with van der Waals surface area (Å²) < 4.78 is 0. The summed E-state index contributed by atoms with van der Waals surface area (Å²) in [7, 11) is 0. The molecule has 0 amide bonds. The van der Waals surface area contributed by atoms with Crippen molar-refractivity contribution in [3.05, 3.63) is 78.2 Å². The van der Waals surface area contributed by atoms with Crippen LogP contribution in [0.25, 0.3) is 0 Å². The standard InChI is InChI=1S/C20H22/c1-19(2)15-9-10-16-20(19,17-11-5-3-6-12-17)18-13-7-4-8-14-18/h3-8,11-14H,9-10,15H2,1-2H3. The number of hydrogen-bond donors (Lipinski definition) is 0. The minimum atomic E-state index is -0.0895. The molecular weight excluding hydrogens is 240 g/mol. The van der Waals surface area contributed by atoms with E-state index in [9.17, 15) is 0 Å². The molecule has 0 spiro atoms. The van der Waals surface area contributed by atoms with Gasteiger partial charge in [-0.1, -0.05) is 80.9 Å². The number of rotatable bonds is 2. The fraction of sp³-hybridized carbons (Fsp3) is 0.350. The summed E-state index contributed by atoms with van der Waals surface area (Å²) >= 11 is 0. The molecule has 2 aromatic carbocycles. The summed E-state index contributed by atoms with van der Waals surface area (Å²) in [5.74, 6) is 0. The average molecular weight is 262 g/mol. The lowest BCUT2D eigenvalue weighted by Gasteiger charge is -2.51. The van der Waals surface area contributed by atoms with Crippen LogP contribution in [0, 0.1) is 11.8 Å². The van der Waals surface area contributed by atoms with Gasteiger partial charge in [0.05, 0.1) is 0 Å². The average Bonchev–Trinajstić information content (AvgIpc) is 2.49. The second kappa shape index (κ2) is 5.09. The molecule has 1 aliphatic rings. The molecule has 1 saturated carbocycles. The number of hydrogen-bond acceptors (Lipinski definition) is 0. The topological polar surface area (TPSA) is 0 Å². The second-order valence-corrected chi connectivity index (χ2v) is 6.40. The fourth-order valence-electron chi connectivity index (χ4n) is 3.76. The van der Waals surface area contributed by atoms with Crippen molar-refractivity contribution in [3.8, 4) is 0 Å². The lowest BCUT2D eigenvalue weighted by atomic mass is 9.52. The Kier molecular flexibility index (Phi) is 3.41. The lowest BCUT2D eigenvalue weighted by molar-refractivity contribution is 0.175. The fourth-order valence-corrected chi connectivity index (χ4v) is 3.76. The molecule has 1 aliphatic carbocycles. The highest BCUT2D eigenvalue weighted by atomic mass is 14.5. The normalized spacial score (nSPS) is 20.5. The predicted molar refractivity (Wildman–Crippen MR) is 84.5 cm³/mol. The molecular formula is C20H22. The maximum absolute atomic E-state index is 3.86. The SMILES string of the molecule is CC1(C)CCC[C]C1(c1ccccc1)c1ccccc1. The van der Waals surface area contributed by atoms with Crippen LogP contribution < -0.4 is 0 Å². The van der Waals surface area contributed by atoms with E-state index >= 15 is 0 Å². The minimum absolute atomic E-state index is 0.0895. The second-order valence-electron chi connectivity index (χ2n) is 6.40. The molecule has 0 atom stereocenters. The van der Waals surface area contributed by atoms with Crippen molar-refractivity contribution < 1.29 is 0 Å². The van der Waals surface area contributed by atoms with Crippen LogP contribution in [0.5, 0.6) is 0 Å². The van der Waals surface area contributed by atoms with Gasteiger partial charge < -0.3 is 0 Å². The summed E-state index contributed by atoms with van der Waals surface area (Å²) in [4.78, 5) is 0. The van der Waals surface area contributed by atoms with Gasteiger partial charge >= 0.3 is 0 Å². The molecule has 0 N–H and O–H groups in total. The molecule has 0 heterocycles. The van der Waals surface area contributed by atoms with Gasteiger partial charge in [-0.15, -0.1) is 0 Å². The zero-order valence-electron chi connectivity index (χ0n) is 12.4. The Labute approximate surface area is 122 Å². The Morgan fingerprint density at radius 1 is 0.800 bits per heavy atom. The molecule has 0 aromatic heterocycles. The molecule has 0 nitrogen and oxygen atoms in total. The van der Waals surface area contributed by atoms with Crippen molar-refractivity contribution in [2.45, 2.75) is 38.5 Å². The summed E-state index contributed by atoms with van der Waals surface area (Å²) in [6, 6.07) is 21.8. The van der Waals surface area contributed by atoms with E-state index in [1.807, 2.05) is 0 Å². The van der Waals surface area contributed by atoms with Gasteiger partial charge in [-0.25, -0.2) is 0 Å². The Balaban J connectivity index is 2.23. The zero-order valence-corrected chi connectivity index (χ0v) is 12.4. The van der Waals surface area contributed by atoms with Crippen molar-refractivity contribution in [2.24, 2.45) is 5.41 Å². The molecule has 0 unspecified atom stereocenters. The van der Waals surface area contributed by atoms with Crippen LogP contribution in [0.1, 0.15) is 44.2 Å². The Morgan fingerprint density at radius 2 is 1.30 bits per heavy atom. The Bertz CT molecular complexity index is 512. The maximum Gasteiger partial charge on any atom is 0.0321 e. The van der Waals surface area contributed by atoms with Gasteiger partial charge in [0.15, 0.2) is 0 Å². The van der Waals surface area contributed by atoms with E-state index in [0.717, 1.165) is 6.42 Å². The number of benzene rings is 2. The summed E-state index contributed by atoms with van der Waals surface area (Å²) in [6.07, 6.45) is 7.42. The van der Waals surface area contributed by atoms with Crippen LogP contribution in [-0.2, 0) is 5.41 Å². The third-order valence-electron chi connectivity index (χ3n) is 4.80. The molecule has 1 fully saturated rings. The first kappa shape index (κ1) is 13.4. The van der Waals surface area contributed by atoms with Gasteiger partial charge in [0, 0.05) is 5.41 Å². The first-order chi connectivity index (χ1) is 9.67. The molecule has 102 valence electrons. The van der Waals surface area contributed by atoms with Gasteiger partial charge in [-0.2, -0.15) is 0 Å². The van der Waals surface area contributed by atoms with Gasteiger partial charge in [0.1, 0.15) is 0 Å². The van der Waals surface area contributed by atoms with Crippen molar-refractivity contribution in [1.29, 1.82) is 0 Å². The van der Waals surface area contributed by atoms with Crippen molar-refractivity contribution >= 4 is 0 Å². The van der Waals surface area contributed by atoms with Crippen LogP contribution in [0.2, 0.25) is 0 Å². The van der Waals surface area contributed by atoms with E-state index < -0.39 is 0 Å². The van der Waals surface area contributed by atoms with Gasteiger partial charge in [0.2, 0.25) is 0 Å². The van der Waals surface area contributed by atoms with E-state index in [1.165, 1.54) is 24.0 Å². The van der Waals surface area contributed by atoms with E-state index in [0.29, 0.717) is 0 Å². The van der Waals surface area contributed by atoms with E-state index in [2.05, 4.69) is 80.9 Å². The smallest absolute Gasteiger partial charge is 0.0321 e. The minimum Gasteiger partial charge on any atom is -0.0622 e. The summed E-state index contributed by atoms with van der Waals surface area (Å²) in [5, 5.41) is 0. The molecule has 0 aliphatic heterocycles. The molecule has 3 rings (SSSR count). The molecule has 0 saturated heterocycles. The van der Waals surface area contributed by atoms with Crippen LogP contribution in [0.3, 0.4) is 0 Å². The first-order valence-electron chi connectivity index (χ1n) is 7.53. The zero-order chi connectivity index (χ0) is 14.1. The monoisotopic (exact) mass is 262 g/mol. The third kappa shape index (κ3) is 1.98. The van der Waals surface area contributed by atoms with E-state index in [-0.39, 0.29) is 10.8 Å². The van der Waals surface area contributed by atoms with Crippen LogP contribution in [0.4, 0.5) is 0 Å². The quantitative estimate of drug-likeness (QED) is 0.692. The van der Waals surface area contributed by atoms with Crippen LogP contribution in [0.15, 0.2) is 60.7 Å².